The van der Waals surface area contributed by atoms with E-state index >= 15 is 0 Å². The summed E-state index contributed by atoms with van der Waals surface area (Å²) in [6.07, 6.45) is 0. The van der Waals surface area contributed by atoms with E-state index in [1.807, 2.05) is 37.3 Å². The standard InChI is InChI=1S/C20H24ClN3O3S/c1-16(17-7-3-2-4-8-17)22-20(25)15-23-11-13-24(14-12-23)28(26,27)19-10-6-5-9-18(19)21/h2-10,16H,11-15H2,1H3,(H,22,25)/p+1/t16-/m0/s1. The van der Waals surface area contributed by atoms with Crippen LogP contribution in [0.5, 0.6) is 0 Å². The summed E-state index contributed by atoms with van der Waals surface area (Å²) in [5.74, 6) is -0.0336. The number of nitrogens with zero attached hydrogens (tertiary/aromatic N) is 1. The predicted octanol–water partition coefficient (Wildman–Crippen LogP) is 1.11. The van der Waals surface area contributed by atoms with E-state index in [9.17, 15) is 13.2 Å². The third-order valence-electron chi connectivity index (χ3n) is 4.97. The lowest BCUT2D eigenvalue weighted by atomic mass is 10.1. The summed E-state index contributed by atoms with van der Waals surface area (Å²) in [6.45, 7) is 4.18. The van der Waals surface area contributed by atoms with Gasteiger partial charge in [0.1, 0.15) is 4.90 Å². The average Bonchev–Trinajstić information content (AvgIpc) is 2.69. The van der Waals surface area contributed by atoms with Gasteiger partial charge in [0.05, 0.1) is 37.2 Å². The van der Waals surface area contributed by atoms with Crippen LogP contribution in [0, 0.1) is 0 Å². The highest BCUT2D eigenvalue weighted by Gasteiger charge is 2.32. The first-order valence-electron chi connectivity index (χ1n) is 9.30. The van der Waals surface area contributed by atoms with Crippen molar-refractivity contribution in [1.29, 1.82) is 0 Å². The Labute approximate surface area is 171 Å². The molecule has 0 saturated carbocycles. The fourth-order valence-electron chi connectivity index (χ4n) is 3.36. The second-order valence-corrected chi connectivity index (χ2v) is 9.27. The van der Waals surface area contributed by atoms with E-state index in [-0.39, 0.29) is 21.9 Å². The topological polar surface area (TPSA) is 70.9 Å². The Kier molecular flexibility index (Phi) is 6.72. The molecule has 1 saturated heterocycles. The first-order valence-corrected chi connectivity index (χ1v) is 11.1. The zero-order chi connectivity index (χ0) is 20.1. The van der Waals surface area contributed by atoms with Gasteiger partial charge in [-0.1, -0.05) is 54.1 Å². The summed E-state index contributed by atoms with van der Waals surface area (Å²) in [5.41, 5.74) is 1.06. The molecule has 2 N–H and O–H groups in total. The first-order chi connectivity index (χ1) is 13.4. The van der Waals surface area contributed by atoms with Crippen molar-refractivity contribution in [3.05, 3.63) is 65.2 Å². The molecule has 150 valence electrons. The van der Waals surface area contributed by atoms with Crippen molar-refractivity contribution in [2.24, 2.45) is 0 Å². The molecule has 0 bridgehead atoms. The van der Waals surface area contributed by atoms with Crippen LogP contribution in [0.1, 0.15) is 18.5 Å². The molecule has 3 rings (SSSR count). The molecule has 2 aromatic carbocycles. The van der Waals surface area contributed by atoms with Crippen molar-refractivity contribution >= 4 is 27.5 Å². The molecular formula is C20H25ClN3O3S+. The number of halogens is 1. The Hall–Kier alpha value is -1.93. The summed E-state index contributed by atoms with van der Waals surface area (Å²) in [4.78, 5) is 13.6. The van der Waals surface area contributed by atoms with Crippen LogP contribution in [-0.2, 0) is 14.8 Å². The molecule has 1 amide bonds. The smallest absolute Gasteiger partial charge is 0.275 e. The molecular weight excluding hydrogens is 398 g/mol. The van der Waals surface area contributed by atoms with Crippen molar-refractivity contribution in [3.63, 3.8) is 0 Å². The number of rotatable bonds is 6. The number of sulfonamides is 1. The van der Waals surface area contributed by atoms with Crippen molar-refractivity contribution in [2.45, 2.75) is 17.9 Å². The number of carbonyl (C=O) groups excluding carboxylic acids is 1. The number of hydrogen-bond acceptors (Lipinski definition) is 3. The molecule has 0 spiro atoms. The average molecular weight is 423 g/mol. The molecule has 8 heteroatoms. The molecule has 0 aliphatic carbocycles. The van der Waals surface area contributed by atoms with E-state index in [1.165, 1.54) is 10.4 Å². The van der Waals surface area contributed by atoms with Gasteiger partial charge in [0.2, 0.25) is 10.0 Å². The van der Waals surface area contributed by atoms with Crippen LogP contribution in [0.4, 0.5) is 0 Å². The van der Waals surface area contributed by atoms with Crippen molar-refractivity contribution < 1.29 is 18.1 Å². The van der Waals surface area contributed by atoms with Crippen LogP contribution >= 0.6 is 11.6 Å². The molecule has 1 heterocycles. The summed E-state index contributed by atoms with van der Waals surface area (Å²) in [5, 5.41) is 3.24. The first kappa shape index (κ1) is 20.8. The van der Waals surface area contributed by atoms with Crippen LogP contribution < -0.4 is 10.2 Å². The van der Waals surface area contributed by atoms with Crippen LogP contribution in [0.3, 0.4) is 0 Å². The molecule has 1 atom stereocenters. The second-order valence-electron chi connectivity index (χ2n) is 6.96. The van der Waals surface area contributed by atoms with E-state index in [4.69, 9.17) is 11.6 Å². The lowest BCUT2D eigenvalue weighted by molar-refractivity contribution is -0.895. The Morgan fingerprint density at radius 1 is 1.11 bits per heavy atom. The van der Waals surface area contributed by atoms with Gasteiger partial charge in [0.25, 0.3) is 5.91 Å². The molecule has 28 heavy (non-hydrogen) atoms. The number of piperazine rings is 1. The summed E-state index contributed by atoms with van der Waals surface area (Å²) in [6, 6.07) is 16.2. The minimum atomic E-state index is -3.61. The van der Waals surface area contributed by atoms with Crippen molar-refractivity contribution in [3.8, 4) is 0 Å². The maximum Gasteiger partial charge on any atom is 0.275 e. The molecule has 0 radical (unpaired) electrons. The van der Waals surface area contributed by atoms with Gasteiger partial charge >= 0.3 is 0 Å². The molecule has 1 aliphatic heterocycles. The second kappa shape index (κ2) is 9.05. The molecule has 6 nitrogen and oxygen atoms in total. The monoisotopic (exact) mass is 422 g/mol. The molecule has 0 unspecified atom stereocenters. The Morgan fingerprint density at radius 3 is 2.36 bits per heavy atom. The highest BCUT2D eigenvalue weighted by Crippen LogP contribution is 2.24. The van der Waals surface area contributed by atoms with E-state index in [0.29, 0.717) is 32.7 Å². The van der Waals surface area contributed by atoms with Gasteiger partial charge in [0, 0.05) is 0 Å². The Bertz CT molecular complexity index is 913. The fourth-order valence-corrected chi connectivity index (χ4v) is 5.29. The molecule has 1 fully saturated rings. The fraction of sp³-hybridized carbons (Fsp3) is 0.350. The van der Waals surface area contributed by atoms with E-state index in [0.717, 1.165) is 10.5 Å². The van der Waals surface area contributed by atoms with Crippen LogP contribution in [0.2, 0.25) is 5.02 Å². The number of quaternary nitrogens is 1. The zero-order valence-corrected chi connectivity index (χ0v) is 17.3. The van der Waals surface area contributed by atoms with Crippen LogP contribution in [0.25, 0.3) is 0 Å². The third-order valence-corrected chi connectivity index (χ3v) is 7.37. The number of amides is 1. The van der Waals surface area contributed by atoms with Gasteiger partial charge in [-0.25, -0.2) is 8.42 Å². The SMILES string of the molecule is C[C@H](NC(=O)C[NH+]1CCN(S(=O)(=O)c2ccccc2Cl)CC1)c1ccccc1. The zero-order valence-electron chi connectivity index (χ0n) is 15.8. The van der Waals surface area contributed by atoms with E-state index in [2.05, 4.69) is 5.32 Å². The summed E-state index contributed by atoms with van der Waals surface area (Å²) in [7, 11) is -3.61. The minimum Gasteiger partial charge on any atom is -0.345 e. The summed E-state index contributed by atoms with van der Waals surface area (Å²) >= 11 is 6.06. The van der Waals surface area contributed by atoms with Crippen LogP contribution in [-0.4, -0.2) is 51.4 Å². The Morgan fingerprint density at radius 2 is 1.71 bits per heavy atom. The number of benzene rings is 2. The molecule has 1 aliphatic rings. The van der Waals surface area contributed by atoms with Gasteiger partial charge in [-0.15, -0.1) is 0 Å². The van der Waals surface area contributed by atoms with Crippen LogP contribution in [0.15, 0.2) is 59.5 Å². The van der Waals surface area contributed by atoms with Gasteiger partial charge < -0.3 is 10.2 Å². The number of nitrogens with one attached hydrogen (secondary N) is 2. The predicted molar refractivity (Wildman–Crippen MR) is 109 cm³/mol. The van der Waals surface area contributed by atoms with Gasteiger partial charge in [-0.3, -0.25) is 4.79 Å². The third kappa shape index (κ3) is 4.91. The van der Waals surface area contributed by atoms with Gasteiger partial charge in [-0.05, 0) is 24.6 Å². The minimum absolute atomic E-state index is 0.0336. The highest BCUT2D eigenvalue weighted by molar-refractivity contribution is 7.89. The van der Waals surface area contributed by atoms with Gasteiger partial charge in [-0.2, -0.15) is 4.31 Å². The molecule has 2 aromatic rings. The maximum absolute atomic E-state index is 12.8. The van der Waals surface area contributed by atoms with Crippen molar-refractivity contribution in [2.75, 3.05) is 32.7 Å². The highest BCUT2D eigenvalue weighted by atomic mass is 35.5. The maximum atomic E-state index is 12.8. The van der Waals surface area contributed by atoms with Gasteiger partial charge in [0.15, 0.2) is 6.54 Å². The lowest BCUT2D eigenvalue weighted by Gasteiger charge is -2.31. The quantitative estimate of drug-likeness (QED) is 0.732. The lowest BCUT2D eigenvalue weighted by Crippen LogP contribution is -3.15. The Balaban J connectivity index is 1.53. The van der Waals surface area contributed by atoms with E-state index in [1.54, 1.807) is 18.2 Å². The summed E-state index contributed by atoms with van der Waals surface area (Å²) < 4.78 is 27.0. The van der Waals surface area contributed by atoms with E-state index < -0.39 is 10.0 Å². The molecule has 0 aromatic heterocycles. The largest absolute Gasteiger partial charge is 0.345 e. The number of hydrogen-bond donors (Lipinski definition) is 2. The number of carbonyl (C=O) groups is 1. The van der Waals surface area contributed by atoms with Crippen molar-refractivity contribution in [1.82, 2.24) is 9.62 Å². The normalized spacial score (nSPS) is 17.2.